The second-order valence-electron chi connectivity index (χ2n) is 6.24. The lowest BCUT2D eigenvalue weighted by Crippen LogP contribution is -2.39. The molecule has 148 valence electrons. The molecule has 3 rings (SSSR count). The zero-order valence-electron chi connectivity index (χ0n) is 14.7. The van der Waals surface area contributed by atoms with E-state index in [-0.39, 0.29) is 11.1 Å². The third-order valence-electron chi connectivity index (χ3n) is 4.37. The molecule has 28 heavy (non-hydrogen) atoms. The molecule has 8 heteroatoms. The Morgan fingerprint density at radius 1 is 0.893 bits per heavy atom. The maximum atomic E-state index is 14.2. The molecular weight excluding hydrogens is 374 g/mol. The van der Waals surface area contributed by atoms with Crippen molar-refractivity contribution >= 4 is 11.9 Å². The number of ether oxygens (including phenoxy) is 3. The number of hydrogen-bond donors (Lipinski definition) is 1. The van der Waals surface area contributed by atoms with Crippen LogP contribution in [0, 0.1) is 5.92 Å². The number of carbonyl (C=O) groups is 2. The van der Waals surface area contributed by atoms with E-state index in [0.29, 0.717) is 0 Å². The summed E-state index contributed by atoms with van der Waals surface area (Å²) >= 11 is 0. The number of benzene rings is 2. The Morgan fingerprint density at radius 2 is 1.36 bits per heavy atom. The molecule has 1 saturated heterocycles. The first-order valence-corrected chi connectivity index (χ1v) is 8.55. The van der Waals surface area contributed by atoms with E-state index in [2.05, 4.69) is 0 Å². The van der Waals surface area contributed by atoms with Crippen LogP contribution < -0.4 is 0 Å². The first kappa shape index (κ1) is 19.9. The van der Waals surface area contributed by atoms with E-state index < -0.39 is 49.4 Å². The topological polar surface area (TPSA) is 82.1 Å². The van der Waals surface area contributed by atoms with Crippen LogP contribution in [-0.4, -0.2) is 48.6 Å². The summed E-state index contributed by atoms with van der Waals surface area (Å²) in [6.07, 6.45) is -3.71. The predicted molar refractivity (Wildman–Crippen MR) is 92.8 cm³/mol. The van der Waals surface area contributed by atoms with Gasteiger partial charge >= 0.3 is 17.9 Å². The van der Waals surface area contributed by atoms with Crippen LogP contribution in [0.3, 0.4) is 0 Å². The highest BCUT2D eigenvalue weighted by atomic mass is 19.3. The zero-order valence-corrected chi connectivity index (χ0v) is 14.7. The van der Waals surface area contributed by atoms with Crippen molar-refractivity contribution in [3.8, 4) is 0 Å². The number of esters is 2. The van der Waals surface area contributed by atoms with E-state index in [1.165, 1.54) is 24.3 Å². The number of rotatable bonds is 6. The molecule has 0 aliphatic carbocycles. The van der Waals surface area contributed by atoms with Crippen molar-refractivity contribution < 1.29 is 37.7 Å². The molecule has 1 aliphatic rings. The van der Waals surface area contributed by atoms with Gasteiger partial charge in [-0.15, -0.1) is 0 Å². The number of hydrogen-bond acceptors (Lipinski definition) is 6. The molecule has 1 N–H and O–H groups in total. The maximum absolute atomic E-state index is 14.2. The summed E-state index contributed by atoms with van der Waals surface area (Å²) in [5.41, 5.74) is 0.456. The molecule has 1 fully saturated rings. The molecule has 0 amide bonds. The highest BCUT2D eigenvalue weighted by molar-refractivity contribution is 5.89. The van der Waals surface area contributed by atoms with Gasteiger partial charge in [0.05, 0.1) is 17.0 Å². The van der Waals surface area contributed by atoms with Crippen molar-refractivity contribution in [2.24, 2.45) is 5.92 Å². The highest BCUT2D eigenvalue weighted by Crippen LogP contribution is 2.40. The maximum Gasteiger partial charge on any atom is 0.338 e. The van der Waals surface area contributed by atoms with Gasteiger partial charge in [0.15, 0.2) is 0 Å². The zero-order chi connectivity index (χ0) is 20.1. The fourth-order valence-electron chi connectivity index (χ4n) is 2.79. The van der Waals surface area contributed by atoms with Crippen molar-refractivity contribution in [3.05, 3.63) is 71.8 Å². The van der Waals surface area contributed by atoms with Crippen LogP contribution in [0.15, 0.2) is 60.7 Å². The van der Waals surface area contributed by atoms with Gasteiger partial charge in [0, 0.05) is 0 Å². The minimum absolute atomic E-state index is 0.206. The molecule has 1 aliphatic heterocycles. The quantitative estimate of drug-likeness (QED) is 0.762. The van der Waals surface area contributed by atoms with E-state index in [9.17, 15) is 23.5 Å². The molecule has 0 spiro atoms. The lowest BCUT2D eigenvalue weighted by Gasteiger charge is -2.22. The Hall–Kier alpha value is -2.84. The third-order valence-corrected chi connectivity index (χ3v) is 4.37. The van der Waals surface area contributed by atoms with Crippen molar-refractivity contribution in [2.45, 2.75) is 18.3 Å². The molecule has 0 bridgehead atoms. The van der Waals surface area contributed by atoms with Gasteiger partial charge in [0.25, 0.3) is 0 Å². The Bertz CT molecular complexity index is 812. The molecular formula is C20H18F2O6. The molecule has 1 unspecified atom stereocenters. The normalized spacial score (nSPS) is 23.2. The average molecular weight is 392 g/mol. The van der Waals surface area contributed by atoms with Gasteiger partial charge in [-0.1, -0.05) is 36.4 Å². The van der Waals surface area contributed by atoms with Gasteiger partial charge < -0.3 is 19.3 Å². The van der Waals surface area contributed by atoms with Gasteiger partial charge in [0.1, 0.15) is 19.3 Å². The monoisotopic (exact) mass is 392 g/mol. The second kappa shape index (κ2) is 8.45. The molecule has 3 atom stereocenters. The lowest BCUT2D eigenvalue weighted by molar-refractivity contribution is -0.195. The van der Waals surface area contributed by atoms with Gasteiger partial charge in [0.2, 0.25) is 6.29 Å². The summed E-state index contributed by atoms with van der Waals surface area (Å²) in [5.74, 6) is -6.83. The molecule has 6 nitrogen and oxygen atoms in total. The van der Waals surface area contributed by atoms with Crippen molar-refractivity contribution in [1.82, 2.24) is 0 Å². The van der Waals surface area contributed by atoms with E-state index in [1.54, 1.807) is 36.4 Å². The average Bonchev–Trinajstić information content (AvgIpc) is 2.93. The smallest absolute Gasteiger partial charge is 0.338 e. The van der Waals surface area contributed by atoms with Crippen LogP contribution >= 0.6 is 0 Å². The van der Waals surface area contributed by atoms with Crippen LogP contribution in [0.1, 0.15) is 20.7 Å². The third kappa shape index (κ3) is 4.35. The molecule has 0 saturated carbocycles. The number of halogens is 2. The lowest BCUT2D eigenvalue weighted by atomic mass is 9.99. The number of aliphatic hydroxyl groups is 1. The first-order valence-electron chi connectivity index (χ1n) is 8.55. The number of aliphatic hydroxyl groups excluding tert-OH is 1. The van der Waals surface area contributed by atoms with Gasteiger partial charge in [-0.25, -0.2) is 18.4 Å². The van der Waals surface area contributed by atoms with Crippen molar-refractivity contribution in [3.63, 3.8) is 0 Å². The summed E-state index contributed by atoms with van der Waals surface area (Å²) in [4.78, 5) is 24.0. The van der Waals surface area contributed by atoms with Gasteiger partial charge in [-0.05, 0) is 24.3 Å². The fraction of sp³-hybridized carbons (Fsp3) is 0.300. The van der Waals surface area contributed by atoms with E-state index >= 15 is 0 Å². The highest BCUT2D eigenvalue weighted by Gasteiger charge is 2.59. The second-order valence-corrected chi connectivity index (χ2v) is 6.24. The van der Waals surface area contributed by atoms with Crippen LogP contribution in [0.4, 0.5) is 8.78 Å². The van der Waals surface area contributed by atoms with Gasteiger partial charge in [-0.3, -0.25) is 0 Å². The Balaban J connectivity index is 1.63. The number of alkyl halides is 2. The molecule has 2 aromatic rings. The fourth-order valence-corrected chi connectivity index (χ4v) is 2.79. The predicted octanol–water partition coefficient (Wildman–Crippen LogP) is 2.67. The van der Waals surface area contributed by atoms with E-state index in [1.807, 2.05) is 0 Å². The van der Waals surface area contributed by atoms with E-state index in [0.717, 1.165) is 0 Å². The van der Waals surface area contributed by atoms with Crippen molar-refractivity contribution in [2.75, 3.05) is 13.2 Å². The Kier molecular flexibility index (Phi) is 6.01. The number of carbonyl (C=O) groups excluding carboxylic acids is 2. The van der Waals surface area contributed by atoms with Crippen LogP contribution in [0.5, 0.6) is 0 Å². The van der Waals surface area contributed by atoms with Crippen LogP contribution in [0.2, 0.25) is 0 Å². The molecule has 1 heterocycles. The summed E-state index contributed by atoms with van der Waals surface area (Å²) in [5, 5.41) is 9.51. The minimum atomic E-state index is -3.67. The largest absolute Gasteiger partial charge is 0.461 e. The van der Waals surface area contributed by atoms with Crippen LogP contribution in [-0.2, 0) is 14.2 Å². The molecule has 0 radical (unpaired) electrons. The first-order chi connectivity index (χ1) is 13.4. The summed E-state index contributed by atoms with van der Waals surface area (Å²) < 4.78 is 43.3. The molecule has 2 aromatic carbocycles. The van der Waals surface area contributed by atoms with Crippen molar-refractivity contribution in [1.29, 1.82) is 0 Å². The van der Waals surface area contributed by atoms with Crippen LogP contribution in [0.25, 0.3) is 0 Å². The molecule has 0 aromatic heterocycles. The van der Waals surface area contributed by atoms with Gasteiger partial charge in [-0.2, -0.15) is 0 Å². The Morgan fingerprint density at radius 3 is 1.86 bits per heavy atom. The summed E-state index contributed by atoms with van der Waals surface area (Å²) in [7, 11) is 0. The minimum Gasteiger partial charge on any atom is -0.461 e. The summed E-state index contributed by atoms with van der Waals surface area (Å²) in [6, 6.07) is 15.9. The Labute approximate surface area is 159 Å². The van der Waals surface area contributed by atoms with E-state index in [4.69, 9.17) is 14.2 Å². The summed E-state index contributed by atoms with van der Waals surface area (Å²) in [6.45, 7) is -1.22. The SMILES string of the molecule is O=C(OCC1[C@@H](COC(=O)c2ccccc2)O[C@@H](O)C1(F)F)c1ccccc1. The standard InChI is InChI=1S/C20H18F2O6/c21-20(22)15(11-26-17(23)13-7-3-1-4-8-13)16(28-19(20)25)12-27-18(24)14-9-5-2-6-10-14/h1-10,15-16,19,25H,11-12H2/t15?,16-,19-/m1/s1.